The van der Waals surface area contributed by atoms with E-state index in [4.69, 9.17) is 4.74 Å². The maximum atomic E-state index is 12.4. The molecule has 0 aliphatic heterocycles. The molecule has 0 aliphatic carbocycles. The van der Waals surface area contributed by atoms with E-state index in [-0.39, 0.29) is 11.7 Å². The van der Waals surface area contributed by atoms with Gasteiger partial charge in [-0.05, 0) is 37.6 Å². The molecule has 0 fully saturated rings. The van der Waals surface area contributed by atoms with E-state index < -0.39 is 0 Å². The van der Waals surface area contributed by atoms with Gasteiger partial charge in [-0.25, -0.2) is 4.98 Å². The lowest BCUT2D eigenvalue weighted by atomic mass is 10.2. The predicted octanol–water partition coefficient (Wildman–Crippen LogP) is 4.31. The molecule has 134 valence electrons. The summed E-state index contributed by atoms with van der Waals surface area (Å²) in [5, 5.41) is 3.69. The second-order valence-electron chi connectivity index (χ2n) is 5.63. The highest BCUT2D eigenvalue weighted by Gasteiger charge is 2.12. The van der Waals surface area contributed by atoms with Gasteiger partial charge in [-0.3, -0.25) is 9.36 Å². The first kappa shape index (κ1) is 18.1. The molecule has 5 nitrogen and oxygen atoms in total. The second kappa shape index (κ2) is 8.58. The molecule has 0 unspecified atom stereocenters. The Morgan fingerprint density at radius 1 is 1.19 bits per heavy atom. The largest absolute Gasteiger partial charge is 0.492 e. The molecule has 3 aromatic rings. The smallest absolute Gasteiger partial charge is 0.234 e. The quantitative estimate of drug-likeness (QED) is 0.632. The fourth-order valence-electron chi connectivity index (χ4n) is 2.58. The number of para-hydroxylation sites is 3. The minimum atomic E-state index is -0.0958. The van der Waals surface area contributed by atoms with Crippen molar-refractivity contribution in [2.45, 2.75) is 19.0 Å². The molecule has 3 rings (SSSR count). The lowest BCUT2D eigenvalue weighted by molar-refractivity contribution is -0.113. The minimum absolute atomic E-state index is 0.0958. The lowest BCUT2D eigenvalue weighted by Gasteiger charge is -2.12. The number of hydrogen-bond donors (Lipinski definition) is 1. The normalized spacial score (nSPS) is 10.5. The number of thioether (sulfide) groups is 1. The zero-order chi connectivity index (χ0) is 18.4. The number of nitrogens with one attached hydrogen (secondary N) is 1. The number of aryl methyl sites for hydroxylation is 1. The minimum Gasteiger partial charge on any atom is -0.492 e. The van der Waals surface area contributed by atoms with Crippen molar-refractivity contribution >= 4 is 23.4 Å². The first-order chi connectivity index (χ1) is 12.7. The van der Waals surface area contributed by atoms with Gasteiger partial charge in [0.15, 0.2) is 5.16 Å². The van der Waals surface area contributed by atoms with Crippen molar-refractivity contribution in [1.82, 2.24) is 9.55 Å². The van der Waals surface area contributed by atoms with Crippen molar-refractivity contribution in [2.24, 2.45) is 0 Å². The van der Waals surface area contributed by atoms with Crippen molar-refractivity contribution in [1.29, 1.82) is 0 Å². The third-order valence-electron chi connectivity index (χ3n) is 3.78. The Morgan fingerprint density at radius 3 is 2.77 bits per heavy atom. The van der Waals surface area contributed by atoms with E-state index in [1.165, 1.54) is 11.8 Å². The van der Waals surface area contributed by atoms with Crippen LogP contribution in [0.1, 0.15) is 12.5 Å². The molecule has 0 saturated carbocycles. The number of hydrogen-bond acceptors (Lipinski definition) is 4. The highest BCUT2D eigenvalue weighted by molar-refractivity contribution is 7.99. The lowest BCUT2D eigenvalue weighted by Crippen LogP contribution is -2.15. The molecular formula is C20H21N3O2S. The zero-order valence-corrected chi connectivity index (χ0v) is 15.6. The summed E-state index contributed by atoms with van der Waals surface area (Å²) in [4.78, 5) is 16.7. The van der Waals surface area contributed by atoms with Crippen LogP contribution in [0.2, 0.25) is 0 Å². The van der Waals surface area contributed by atoms with Crippen LogP contribution in [-0.4, -0.2) is 27.8 Å². The zero-order valence-electron chi connectivity index (χ0n) is 14.8. The van der Waals surface area contributed by atoms with Crippen LogP contribution in [0.25, 0.3) is 5.69 Å². The number of aromatic nitrogens is 2. The molecule has 0 spiro atoms. The highest BCUT2D eigenvalue weighted by Crippen LogP contribution is 2.25. The Bertz CT molecular complexity index is 892. The standard InChI is InChI=1S/C20H21N3O2S/c1-3-25-18-11-7-5-9-16(18)22-19(24)14-26-20-21-12-13-23(20)17-10-6-4-8-15(17)2/h4-13H,3,14H2,1-2H3,(H,22,24). The fraction of sp³-hybridized carbons (Fsp3) is 0.200. The van der Waals surface area contributed by atoms with Gasteiger partial charge in [0, 0.05) is 12.4 Å². The van der Waals surface area contributed by atoms with E-state index in [1.54, 1.807) is 6.20 Å². The summed E-state index contributed by atoms with van der Waals surface area (Å²) < 4.78 is 7.54. The Morgan fingerprint density at radius 2 is 1.96 bits per heavy atom. The molecular weight excluding hydrogens is 346 g/mol. The Hall–Kier alpha value is -2.73. The van der Waals surface area contributed by atoms with Crippen molar-refractivity contribution in [3.8, 4) is 11.4 Å². The summed E-state index contributed by atoms with van der Waals surface area (Å²) in [6.45, 7) is 4.52. The second-order valence-corrected chi connectivity index (χ2v) is 6.57. The number of carbonyl (C=O) groups excluding carboxylic acids is 1. The van der Waals surface area contributed by atoms with Gasteiger partial charge in [-0.1, -0.05) is 42.1 Å². The van der Waals surface area contributed by atoms with Crippen LogP contribution in [0.5, 0.6) is 5.75 Å². The summed E-state index contributed by atoms with van der Waals surface area (Å²) in [6, 6.07) is 15.5. The monoisotopic (exact) mass is 367 g/mol. The van der Waals surface area contributed by atoms with Gasteiger partial charge < -0.3 is 10.1 Å². The van der Waals surface area contributed by atoms with Gasteiger partial charge in [0.25, 0.3) is 0 Å². The maximum absolute atomic E-state index is 12.4. The Balaban J connectivity index is 1.67. The average Bonchev–Trinajstić information content (AvgIpc) is 3.10. The number of anilines is 1. The van der Waals surface area contributed by atoms with Crippen molar-refractivity contribution in [3.05, 3.63) is 66.5 Å². The van der Waals surface area contributed by atoms with Crippen LogP contribution in [-0.2, 0) is 4.79 Å². The first-order valence-corrected chi connectivity index (χ1v) is 9.41. The molecule has 0 aliphatic rings. The van der Waals surface area contributed by atoms with Crippen LogP contribution >= 0.6 is 11.8 Å². The van der Waals surface area contributed by atoms with Gasteiger partial charge in [-0.15, -0.1) is 0 Å². The van der Waals surface area contributed by atoms with E-state index in [1.807, 2.05) is 60.2 Å². The SMILES string of the molecule is CCOc1ccccc1NC(=O)CSc1nccn1-c1ccccc1C. The van der Waals surface area contributed by atoms with Crippen LogP contribution in [0.3, 0.4) is 0 Å². The van der Waals surface area contributed by atoms with Crippen LogP contribution < -0.4 is 10.1 Å². The number of imidazole rings is 1. The summed E-state index contributed by atoms with van der Waals surface area (Å²) in [6.07, 6.45) is 3.66. The molecule has 0 atom stereocenters. The Kier molecular flexibility index (Phi) is 5.96. The molecule has 0 saturated heterocycles. The third-order valence-corrected chi connectivity index (χ3v) is 4.74. The topological polar surface area (TPSA) is 56.1 Å². The third kappa shape index (κ3) is 4.26. The Labute approximate surface area is 157 Å². The molecule has 1 amide bonds. The van der Waals surface area contributed by atoms with E-state index >= 15 is 0 Å². The number of amides is 1. The highest BCUT2D eigenvalue weighted by atomic mass is 32.2. The molecule has 1 aromatic heterocycles. The van der Waals surface area contributed by atoms with Gasteiger partial charge in [0.05, 0.1) is 23.7 Å². The molecule has 0 radical (unpaired) electrons. The first-order valence-electron chi connectivity index (χ1n) is 8.43. The summed E-state index contributed by atoms with van der Waals surface area (Å²) in [5.41, 5.74) is 2.90. The number of carbonyl (C=O) groups is 1. The van der Waals surface area contributed by atoms with E-state index in [0.717, 1.165) is 16.4 Å². The molecule has 1 N–H and O–H groups in total. The molecule has 26 heavy (non-hydrogen) atoms. The number of benzene rings is 2. The van der Waals surface area contributed by atoms with Crippen LogP contribution in [0.4, 0.5) is 5.69 Å². The van der Waals surface area contributed by atoms with Gasteiger partial charge in [0.2, 0.25) is 5.91 Å². The summed E-state index contributed by atoms with van der Waals surface area (Å²) >= 11 is 1.40. The summed E-state index contributed by atoms with van der Waals surface area (Å²) in [5.74, 6) is 0.847. The fourth-order valence-corrected chi connectivity index (χ4v) is 3.35. The van der Waals surface area contributed by atoms with Crippen molar-refractivity contribution in [3.63, 3.8) is 0 Å². The van der Waals surface area contributed by atoms with Gasteiger partial charge in [-0.2, -0.15) is 0 Å². The average molecular weight is 367 g/mol. The van der Waals surface area contributed by atoms with E-state index in [9.17, 15) is 4.79 Å². The molecule has 0 bridgehead atoms. The molecule has 6 heteroatoms. The summed E-state index contributed by atoms with van der Waals surface area (Å²) in [7, 11) is 0. The van der Waals surface area contributed by atoms with E-state index in [2.05, 4.69) is 23.3 Å². The van der Waals surface area contributed by atoms with Crippen molar-refractivity contribution < 1.29 is 9.53 Å². The predicted molar refractivity (Wildman–Crippen MR) is 105 cm³/mol. The van der Waals surface area contributed by atoms with E-state index in [0.29, 0.717) is 18.0 Å². The van der Waals surface area contributed by atoms with Crippen molar-refractivity contribution in [2.75, 3.05) is 17.7 Å². The maximum Gasteiger partial charge on any atom is 0.234 e. The number of ether oxygens (including phenoxy) is 1. The number of rotatable bonds is 7. The molecule has 1 heterocycles. The van der Waals surface area contributed by atoms with Gasteiger partial charge in [0.1, 0.15) is 5.75 Å². The van der Waals surface area contributed by atoms with Gasteiger partial charge >= 0.3 is 0 Å². The number of nitrogens with zero attached hydrogens (tertiary/aromatic N) is 2. The molecule has 2 aromatic carbocycles. The van der Waals surface area contributed by atoms with Crippen LogP contribution in [0, 0.1) is 6.92 Å². The van der Waals surface area contributed by atoms with Crippen LogP contribution in [0.15, 0.2) is 66.1 Å².